The minimum atomic E-state index is -4.04. The molecule has 0 bridgehead atoms. The summed E-state index contributed by atoms with van der Waals surface area (Å²) >= 11 is 0. The molecule has 0 unspecified atom stereocenters. The number of aliphatic hydroxyl groups is 1. The van der Waals surface area contributed by atoms with Gasteiger partial charge < -0.3 is 10.0 Å². The topological polar surface area (TPSA) is 101 Å². The largest absolute Gasteiger partial charge is 0.388 e. The molecule has 3 rings (SSSR count). The van der Waals surface area contributed by atoms with Crippen LogP contribution in [0.3, 0.4) is 0 Å². The first-order chi connectivity index (χ1) is 14.6. The average molecular weight is 446 g/mol. The second-order valence-electron chi connectivity index (χ2n) is 7.39. The van der Waals surface area contributed by atoms with Crippen LogP contribution in [0.25, 0.3) is 5.69 Å². The molecule has 2 aromatic carbocycles. The van der Waals surface area contributed by atoms with Crippen molar-refractivity contribution in [2.45, 2.75) is 31.8 Å². The summed E-state index contributed by atoms with van der Waals surface area (Å²) in [5.41, 5.74) is 3.15. The predicted molar refractivity (Wildman–Crippen MR) is 115 cm³/mol. The quantitative estimate of drug-likeness (QED) is 0.443. The minimum absolute atomic E-state index is 0.0306. The molecule has 0 atom stereocenters. The molecule has 3 aromatic rings. The second-order valence-corrected chi connectivity index (χ2v) is 9.03. The van der Waals surface area contributed by atoms with E-state index in [1.54, 1.807) is 14.1 Å². The minimum Gasteiger partial charge on any atom is -0.388 e. The third-order valence-electron chi connectivity index (χ3n) is 4.57. The van der Waals surface area contributed by atoms with E-state index in [0.29, 0.717) is 12.2 Å². The molecule has 0 aliphatic heterocycles. The van der Waals surface area contributed by atoms with Crippen molar-refractivity contribution in [1.82, 2.24) is 19.7 Å². The molecule has 0 fully saturated rings. The summed E-state index contributed by atoms with van der Waals surface area (Å²) in [6.45, 7) is 3.54. The number of aryl methyl sites for hydroxylation is 2. The third kappa shape index (κ3) is 5.15. The van der Waals surface area contributed by atoms with Crippen molar-refractivity contribution in [2.24, 2.45) is 4.40 Å². The van der Waals surface area contributed by atoms with Crippen LogP contribution in [-0.2, 0) is 23.1 Å². The Morgan fingerprint density at radius 2 is 1.94 bits per heavy atom. The number of halogens is 1. The Morgan fingerprint density at radius 3 is 2.58 bits per heavy atom. The molecule has 0 radical (unpaired) electrons. The lowest BCUT2D eigenvalue weighted by Gasteiger charge is -2.10. The molecule has 0 saturated carbocycles. The summed E-state index contributed by atoms with van der Waals surface area (Å²) in [7, 11) is -0.786. The Hall–Kier alpha value is -3.11. The first-order valence-electron chi connectivity index (χ1n) is 9.49. The van der Waals surface area contributed by atoms with Gasteiger partial charge in [-0.1, -0.05) is 23.8 Å². The van der Waals surface area contributed by atoms with Crippen LogP contribution in [0.4, 0.5) is 4.39 Å². The monoisotopic (exact) mass is 445 g/mol. The number of sulfonamides is 1. The summed E-state index contributed by atoms with van der Waals surface area (Å²) in [4.78, 5) is 5.51. The number of benzene rings is 2. The fourth-order valence-corrected chi connectivity index (χ4v) is 3.89. The van der Waals surface area contributed by atoms with E-state index in [2.05, 4.69) is 14.5 Å². The van der Waals surface area contributed by atoms with Crippen LogP contribution in [0, 0.1) is 19.7 Å². The average Bonchev–Trinajstić information content (AvgIpc) is 3.12. The maximum absolute atomic E-state index is 15.0. The lowest BCUT2D eigenvalue weighted by molar-refractivity contribution is 0.271. The number of aromatic nitrogens is 3. The van der Waals surface area contributed by atoms with Gasteiger partial charge >= 0.3 is 0 Å². The first kappa shape index (κ1) is 22.6. The normalized spacial score (nSPS) is 11.9. The maximum atomic E-state index is 15.0. The van der Waals surface area contributed by atoms with E-state index >= 15 is 0 Å². The standard InChI is InChI=1S/C21H24FN5O3S/c1-14-5-6-15(2)16(9-14)10-21-24-20(12-28)25-27(21)19-8-7-17(11-18(19)22)31(29,30)23-13-26(3)4/h5-9,11,13,28H,10,12H2,1-4H3. The van der Waals surface area contributed by atoms with E-state index in [-0.39, 0.29) is 16.4 Å². The maximum Gasteiger partial charge on any atom is 0.283 e. The van der Waals surface area contributed by atoms with Crippen LogP contribution >= 0.6 is 0 Å². The molecule has 1 aromatic heterocycles. The van der Waals surface area contributed by atoms with E-state index in [1.165, 1.54) is 21.7 Å². The van der Waals surface area contributed by atoms with Crippen molar-refractivity contribution >= 4 is 16.4 Å². The van der Waals surface area contributed by atoms with Crippen LogP contribution in [0.1, 0.15) is 28.3 Å². The summed E-state index contributed by atoms with van der Waals surface area (Å²) in [6, 6.07) is 9.49. The Bertz CT molecular complexity index is 1240. The summed E-state index contributed by atoms with van der Waals surface area (Å²) in [5.74, 6) is -0.220. The number of hydrogen-bond acceptors (Lipinski definition) is 5. The predicted octanol–water partition coefficient (Wildman–Crippen LogP) is 2.38. The number of nitrogens with zero attached hydrogens (tertiary/aromatic N) is 5. The van der Waals surface area contributed by atoms with Gasteiger partial charge in [0.15, 0.2) is 5.82 Å². The smallest absolute Gasteiger partial charge is 0.283 e. The fraction of sp³-hybridized carbons (Fsp3) is 0.286. The van der Waals surface area contributed by atoms with E-state index in [4.69, 9.17) is 0 Å². The van der Waals surface area contributed by atoms with Gasteiger partial charge in [0.1, 0.15) is 30.3 Å². The lowest BCUT2D eigenvalue weighted by atomic mass is 10.0. The number of rotatable bonds is 7. The second kappa shape index (κ2) is 8.94. The zero-order valence-electron chi connectivity index (χ0n) is 17.7. The summed E-state index contributed by atoms with van der Waals surface area (Å²) in [5, 5.41) is 13.7. The van der Waals surface area contributed by atoms with E-state index in [1.807, 2.05) is 32.0 Å². The van der Waals surface area contributed by atoms with Crippen LogP contribution in [0.15, 0.2) is 45.7 Å². The van der Waals surface area contributed by atoms with Crippen molar-refractivity contribution in [3.8, 4) is 5.69 Å². The molecule has 31 heavy (non-hydrogen) atoms. The molecule has 0 saturated heterocycles. The molecular formula is C21H24FN5O3S. The molecule has 1 N–H and O–H groups in total. The Morgan fingerprint density at radius 1 is 1.19 bits per heavy atom. The molecule has 8 nitrogen and oxygen atoms in total. The molecule has 0 amide bonds. The van der Waals surface area contributed by atoms with Crippen molar-refractivity contribution in [2.75, 3.05) is 14.1 Å². The van der Waals surface area contributed by atoms with Gasteiger partial charge in [0.05, 0.1) is 4.90 Å². The third-order valence-corrected chi connectivity index (χ3v) is 5.80. The highest BCUT2D eigenvalue weighted by atomic mass is 32.2. The SMILES string of the molecule is Cc1ccc(C)c(Cc2nc(CO)nn2-c2ccc(S(=O)(=O)N=CN(C)C)cc2F)c1. The Kier molecular flexibility index (Phi) is 6.51. The zero-order valence-corrected chi connectivity index (χ0v) is 18.6. The van der Waals surface area contributed by atoms with Crippen molar-refractivity contribution in [3.63, 3.8) is 0 Å². The van der Waals surface area contributed by atoms with Gasteiger partial charge in [-0.15, -0.1) is 9.50 Å². The number of hydrogen-bond donors (Lipinski definition) is 1. The molecular weight excluding hydrogens is 421 g/mol. The zero-order chi connectivity index (χ0) is 22.8. The highest BCUT2D eigenvalue weighted by Gasteiger charge is 2.19. The fourth-order valence-electron chi connectivity index (χ4n) is 2.96. The highest BCUT2D eigenvalue weighted by molar-refractivity contribution is 7.90. The van der Waals surface area contributed by atoms with Crippen LogP contribution in [0.2, 0.25) is 0 Å². The molecule has 10 heteroatoms. The van der Waals surface area contributed by atoms with Crippen molar-refractivity contribution in [3.05, 3.63) is 70.6 Å². The molecule has 0 spiro atoms. The van der Waals surface area contributed by atoms with Gasteiger partial charge in [0.25, 0.3) is 10.0 Å². The van der Waals surface area contributed by atoms with E-state index in [9.17, 15) is 17.9 Å². The van der Waals surface area contributed by atoms with Gasteiger partial charge in [-0.05, 0) is 43.2 Å². The van der Waals surface area contributed by atoms with Crippen molar-refractivity contribution in [1.29, 1.82) is 0 Å². The van der Waals surface area contributed by atoms with Gasteiger partial charge in [0.2, 0.25) is 0 Å². The van der Waals surface area contributed by atoms with Gasteiger partial charge in [0, 0.05) is 20.5 Å². The number of aliphatic hydroxyl groups excluding tert-OH is 1. The molecule has 1 heterocycles. The van der Waals surface area contributed by atoms with Crippen LogP contribution < -0.4 is 0 Å². The van der Waals surface area contributed by atoms with Crippen molar-refractivity contribution < 1.29 is 17.9 Å². The molecule has 0 aliphatic rings. The molecule has 0 aliphatic carbocycles. The van der Waals surface area contributed by atoms with Crippen LogP contribution in [0.5, 0.6) is 0 Å². The lowest BCUT2D eigenvalue weighted by Crippen LogP contribution is -2.11. The van der Waals surface area contributed by atoms with Crippen LogP contribution in [-0.4, -0.2) is 53.6 Å². The summed E-state index contributed by atoms with van der Waals surface area (Å²) in [6.07, 6.45) is 1.50. The van der Waals surface area contributed by atoms with E-state index < -0.39 is 22.4 Å². The van der Waals surface area contributed by atoms with Gasteiger partial charge in [-0.25, -0.2) is 14.1 Å². The highest BCUT2D eigenvalue weighted by Crippen LogP contribution is 2.22. The Balaban J connectivity index is 2.03. The van der Waals surface area contributed by atoms with Gasteiger partial charge in [-0.3, -0.25) is 0 Å². The first-order valence-corrected chi connectivity index (χ1v) is 10.9. The Labute approximate surface area is 180 Å². The van der Waals surface area contributed by atoms with Gasteiger partial charge in [-0.2, -0.15) is 8.42 Å². The summed E-state index contributed by atoms with van der Waals surface area (Å²) < 4.78 is 44.4. The van der Waals surface area contributed by atoms with E-state index in [0.717, 1.165) is 29.1 Å². The molecule has 164 valence electrons.